The molecular formula is C12H13Na3O13. The molecule has 13 nitrogen and oxygen atoms in total. The van der Waals surface area contributed by atoms with Gasteiger partial charge in [0.2, 0.25) is 5.76 Å². The Kier molecular flexibility index (Phi) is 20.1. The molecule has 142 valence electrons. The van der Waals surface area contributed by atoms with E-state index in [-0.39, 0.29) is 88.7 Å². The molecule has 0 aromatic carbocycles. The van der Waals surface area contributed by atoms with Gasteiger partial charge in [-0.15, -0.1) is 0 Å². The molecule has 1 aliphatic rings. The quantitative estimate of drug-likeness (QED) is 0.185. The summed E-state index contributed by atoms with van der Waals surface area (Å²) in [4.78, 5) is 40.5. The zero-order valence-corrected chi connectivity index (χ0v) is 21.3. The minimum atomic E-state index is -2.97. The van der Waals surface area contributed by atoms with E-state index in [1.807, 2.05) is 0 Å². The van der Waals surface area contributed by atoms with Gasteiger partial charge in [0.15, 0.2) is 11.9 Å². The predicted octanol–water partition coefficient (Wildman–Crippen LogP) is -15.6. The summed E-state index contributed by atoms with van der Waals surface area (Å²) in [5, 5.41) is 74.0. The van der Waals surface area contributed by atoms with E-state index in [4.69, 9.17) is 25.5 Å². The summed E-state index contributed by atoms with van der Waals surface area (Å²) in [7, 11) is 0. The van der Waals surface area contributed by atoms with Gasteiger partial charge >= 0.3 is 94.6 Å². The molecule has 5 N–H and O–H groups in total. The van der Waals surface area contributed by atoms with Gasteiger partial charge in [-0.3, -0.25) is 0 Å². The van der Waals surface area contributed by atoms with Crippen LogP contribution in [0.3, 0.4) is 0 Å². The predicted molar refractivity (Wildman–Crippen MR) is 64.5 cm³/mol. The van der Waals surface area contributed by atoms with Crippen molar-refractivity contribution in [2.24, 2.45) is 0 Å². The monoisotopic (exact) mass is 434 g/mol. The average Bonchev–Trinajstić information content (AvgIpc) is 2.73. The van der Waals surface area contributed by atoms with Crippen molar-refractivity contribution in [3.63, 3.8) is 0 Å². The van der Waals surface area contributed by atoms with E-state index >= 15 is 0 Å². The maximum atomic E-state index is 10.5. The summed E-state index contributed by atoms with van der Waals surface area (Å²) in [5.41, 5.74) is -2.97. The van der Waals surface area contributed by atoms with Crippen molar-refractivity contribution >= 4 is 23.9 Å². The van der Waals surface area contributed by atoms with Gasteiger partial charge in [0, 0.05) is 24.8 Å². The maximum absolute atomic E-state index is 10.5. The fourth-order valence-corrected chi connectivity index (χ4v) is 1.51. The van der Waals surface area contributed by atoms with E-state index in [9.17, 15) is 34.5 Å². The summed E-state index contributed by atoms with van der Waals surface area (Å²) in [5.74, 6) is -8.76. The number of carboxylic acids is 3. The topological polar surface area (TPSA) is 248 Å². The number of hydrogen-bond acceptors (Lipinski definition) is 13. The minimum absolute atomic E-state index is 0. The summed E-state index contributed by atoms with van der Waals surface area (Å²) in [6.45, 7) is -0.671. The van der Waals surface area contributed by atoms with Crippen LogP contribution in [0.1, 0.15) is 12.8 Å². The fraction of sp³-hybridized carbons (Fsp3) is 0.500. The van der Waals surface area contributed by atoms with E-state index in [1.165, 1.54) is 0 Å². The second kappa shape index (κ2) is 15.9. The Labute approximate surface area is 223 Å². The van der Waals surface area contributed by atoms with Crippen molar-refractivity contribution in [1.29, 1.82) is 0 Å². The normalized spacial score (nSPS) is 16.1. The number of hydrogen-bond donors (Lipinski definition) is 5. The maximum Gasteiger partial charge on any atom is 1.00 e. The van der Waals surface area contributed by atoms with Gasteiger partial charge in [-0.2, -0.15) is 0 Å². The van der Waals surface area contributed by atoms with Gasteiger partial charge in [0.25, 0.3) is 0 Å². The number of cyclic esters (lactones) is 1. The van der Waals surface area contributed by atoms with Gasteiger partial charge < -0.3 is 60.0 Å². The second-order valence-corrected chi connectivity index (χ2v) is 4.73. The molecule has 0 bridgehead atoms. The molecule has 0 radical (unpaired) electrons. The smallest absolute Gasteiger partial charge is 0.550 e. The van der Waals surface area contributed by atoms with E-state index < -0.39 is 72.7 Å². The third-order valence-electron chi connectivity index (χ3n) is 2.73. The summed E-state index contributed by atoms with van der Waals surface area (Å²) < 4.78 is 4.32. The van der Waals surface area contributed by atoms with Crippen molar-refractivity contribution in [2.75, 3.05) is 6.61 Å². The van der Waals surface area contributed by atoms with Crippen LogP contribution >= 0.6 is 0 Å². The Morgan fingerprint density at radius 2 is 1.43 bits per heavy atom. The van der Waals surface area contributed by atoms with Gasteiger partial charge in [0.1, 0.15) is 11.7 Å². The SMILES string of the molecule is O=C([O-])CC(O)(CC(=O)[O-])C(=O)[O-].O=C1O[C@H]([C@@H](O)CO)C(O)=C1O.[Na+].[Na+].[Na+]. The zero-order chi connectivity index (χ0) is 19.9. The Morgan fingerprint density at radius 1 is 1.04 bits per heavy atom. The summed E-state index contributed by atoms with van der Waals surface area (Å²) >= 11 is 0. The number of aliphatic hydroxyl groups excluding tert-OH is 4. The first kappa shape index (κ1) is 35.5. The molecule has 0 fully saturated rings. The van der Waals surface area contributed by atoms with E-state index in [1.54, 1.807) is 0 Å². The van der Waals surface area contributed by atoms with Crippen LogP contribution in [0.15, 0.2) is 11.5 Å². The standard InChI is InChI=1S/C6H8O7.C6H8O6.3Na/c7-3(8)1-6(13,5(11)12)2-4(9)10;7-1-2(8)5-3(9)4(10)6(11)12-5;;;/h13H,1-2H2,(H,7,8)(H,9,10)(H,11,12);2,5,7-10H,1H2;;;/q;;3*+1/p-3/t;2-,5+;;;/m.0.../s1. The van der Waals surface area contributed by atoms with Crippen LogP contribution < -0.4 is 104 Å². The summed E-state index contributed by atoms with van der Waals surface area (Å²) in [6.07, 6.45) is -5.49. The molecule has 1 heterocycles. The Balaban J connectivity index is -0.000000186. The van der Waals surface area contributed by atoms with E-state index in [0.717, 1.165) is 0 Å². The third-order valence-corrected chi connectivity index (χ3v) is 2.73. The van der Waals surface area contributed by atoms with E-state index in [2.05, 4.69) is 4.74 Å². The van der Waals surface area contributed by atoms with Crippen LogP contribution in [-0.4, -0.2) is 73.8 Å². The molecule has 28 heavy (non-hydrogen) atoms. The van der Waals surface area contributed by atoms with Crippen LogP contribution in [0.2, 0.25) is 0 Å². The number of esters is 1. The van der Waals surface area contributed by atoms with Crippen molar-refractivity contribution in [2.45, 2.75) is 30.7 Å². The fourth-order valence-electron chi connectivity index (χ4n) is 1.51. The van der Waals surface area contributed by atoms with Gasteiger partial charge in [-0.05, 0) is 0 Å². The van der Waals surface area contributed by atoms with Gasteiger partial charge in [-0.25, -0.2) is 4.79 Å². The first-order chi connectivity index (χ1) is 11.4. The minimum Gasteiger partial charge on any atom is -0.550 e. The number of aliphatic carboxylic acids is 3. The van der Waals surface area contributed by atoms with Crippen molar-refractivity contribution in [1.82, 2.24) is 0 Å². The van der Waals surface area contributed by atoms with Crippen LogP contribution in [0.5, 0.6) is 0 Å². The molecule has 2 atom stereocenters. The van der Waals surface area contributed by atoms with Gasteiger partial charge in [0.05, 0.1) is 12.6 Å². The first-order valence-electron chi connectivity index (χ1n) is 6.31. The molecule has 0 saturated carbocycles. The third kappa shape index (κ3) is 11.3. The molecule has 0 aromatic heterocycles. The summed E-state index contributed by atoms with van der Waals surface area (Å²) in [6, 6.07) is 0. The Hall–Kier alpha value is 0.1000. The number of aliphatic hydroxyl groups is 5. The van der Waals surface area contributed by atoms with Crippen molar-refractivity contribution < 1.29 is 153 Å². The van der Waals surface area contributed by atoms with Crippen LogP contribution in [0, 0.1) is 0 Å². The first-order valence-corrected chi connectivity index (χ1v) is 6.31. The average molecular weight is 434 g/mol. The molecule has 0 amide bonds. The largest absolute Gasteiger partial charge is 1.00 e. The number of carbonyl (C=O) groups excluding carboxylic acids is 4. The molecular weight excluding hydrogens is 421 g/mol. The van der Waals surface area contributed by atoms with E-state index in [0.29, 0.717) is 0 Å². The molecule has 1 rings (SSSR count). The number of carbonyl (C=O) groups is 4. The zero-order valence-electron chi connectivity index (χ0n) is 15.3. The molecule has 0 unspecified atom stereocenters. The van der Waals surface area contributed by atoms with Crippen LogP contribution in [0.25, 0.3) is 0 Å². The second-order valence-electron chi connectivity index (χ2n) is 4.73. The molecule has 0 aromatic rings. The molecule has 0 aliphatic carbocycles. The molecule has 0 saturated heterocycles. The number of rotatable bonds is 7. The molecule has 1 aliphatic heterocycles. The van der Waals surface area contributed by atoms with Crippen LogP contribution in [-0.2, 0) is 23.9 Å². The van der Waals surface area contributed by atoms with Crippen LogP contribution in [0.4, 0.5) is 0 Å². The van der Waals surface area contributed by atoms with Crippen molar-refractivity contribution in [3.8, 4) is 0 Å². The Morgan fingerprint density at radius 3 is 1.64 bits per heavy atom. The molecule has 0 spiro atoms. The van der Waals surface area contributed by atoms with Crippen molar-refractivity contribution in [3.05, 3.63) is 11.5 Å². The number of ether oxygens (including phenoxy) is 1. The molecule has 16 heteroatoms. The van der Waals surface area contributed by atoms with Gasteiger partial charge in [-0.1, -0.05) is 0 Å². The number of carboxylic acid groups (broad SMARTS) is 3. The Bertz CT molecular complexity index is 575.